The van der Waals surface area contributed by atoms with Crippen LogP contribution >= 0.6 is 0 Å². The van der Waals surface area contributed by atoms with E-state index in [2.05, 4.69) is 10.1 Å². The Bertz CT molecular complexity index is 508. The molecule has 0 saturated carbocycles. The van der Waals surface area contributed by atoms with Crippen molar-refractivity contribution in [3.8, 4) is 17.2 Å². The highest BCUT2D eigenvalue weighted by atomic mass is 16.5. The van der Waals surface area contributed by atoms with E-state index in [4.69, 9.17) is 9.26 Å². The monoisotopic (exact) mass is 262 g/mol. The Morgan fingerprint density at radius 3 is 2.63 bits per heavy atom. The third kappa shape index (κ3) is 3.32. The summed E-state index contributed by atoms with van der Waals surface area (Å²) in [5.74, 6) is 1.55. The fourth-order valence-electron chi connectivity index (χ4n) is 1.75. The van der Waals surface area contributed by atoms with Crippen LogP contribution in [-0.2, 0) is 0 Å². The van der Waals surface area contributed by atoms with Crippen LogP contribution in [0, 0.1) is 0 Å². The van der Waals surface area contributed by atoms with E-state index >= 15 is 0 Å². The molecule has 0 saturated heterocycles. The van der Waals surface area contributed by atoms with Crippen LogP contribution in [0.5, 0.6) is 5.75 Å². The van der Waals surface area contributed by atoms with Crippen LogP contribution in [0.3, 0.4) is 0 Å². The smallest absolute Gasteiger partial charge is 0.258 e. The molecule has 19 heavy (non-hydrogen) atoms. The zero-order chi connectivity index (χ0) is 13.7. The Hall–Kier alpha value is -1.88. The zero-order valence-corrected chi connectivity index (χ0v) is 11.2. The van der Waals surface area contributed by atoms with Crippen molar-refractivity contribution >= 4 is 0 Å². The van der Waals surface area contributed by atoms with E-state index in [0.717, 1.165) is 17.7 Å². The van der Waals surface area contributed by atoms with Gasteiger partial charge in [0.05, 0.1) is 6.61 Å². The second kappa shape index (κ2) is 6.33. The summed E-state index contributed by atoms with van der Waals surface area (Å²) >= 11 is 0. The SMILES string of the molecule is CCCC(O)c1noc(-c2ccc(OCC)cc2)n1. The summed E-state index contributed by atoms with van der Waals surface area (Å²) in [6, 6.07) is 7.42. The van der Waals surface area contributed by atoms with E-state index < -0.39 is 6.10 Å². The van der Waals surface area contributed by atoms with Crippen LogP contribution in [0.1, 0.15) is 38.6 Å². The molecule has 1 unspecified atom stereocenters. The van der Waals surface area contributed by atoms with Crippen molar-refractivity contribution in [2.75, 3.05) is 6.61 Å². The summed E-state index contributed by atoms with van der Waals surface area (Å²) < 4.78 is 10.5. The number of hydrogen-bond donors (Lipinski definition) is 1. The van der Waals surface area contributed by atoms with Crippen LogP contribution in [0.15, 0.2) is 28.8 Å². The first-order chi connectivity index (χ1) is 9.24. The quantitative estimate of drug-likeness (QED) is 0.866. The number of ether oxygens (including phenoxy) is 1. The van der Waals surface area contributed by atoms with Crippen molar-refractivity contribution < 1.29 is 14.4 Å². The van der Waals surface area contributed by atoms with Gasteiger partial charge >= 0.3 is 0 Å². The second-order valence-corrected chi connectivity index (χ2v) is 4.22. The summed E-state index contributed by atoms with van der Waals surface area (Å²) in [5, 5.41) is 13.6. The van der Waals surface area contributed by atoms with E-state index in [1.807, 2.05) is 38.1 Å². The molecule has 0 aliphatic rings. The van der Waals surface area contributed by atoms with Crippen LogP contribution in [0.4, 0.5) is 0 Å². The maximum absolute atomic E-state index is 9.79. The van der Waals surface area contributed by atoms with Gasteiger partial charge in [0.15, 0.2) is 0 Å². The van der Waals surface area contributed by atoms with Crippen LogP contribution < -0.4 is 4.74 Å². The van der Waals surface area contributed by atoms with Gasteiger partial charge in [-0.15, -0.1) is 0 Å². The van der Waals surface area contributed by atoms with Crippen LogP contribution in [0.2, 0.25) is 0 Å². The van der Waals surface area contributed by atoms with Crippen molar-refractivity contribution in [1.82, 2.24) is 10.1 Å². The fourth-order valence-corrected chi connectivity index (χ4v) is 1.75. The average molecular weight is 262 g/mol. The van der Waals surface area contributed by atoms with Crippen molar-refractivity contribution in [1.29, 1.82) is 0 Å². The van der Waals surface area contributed by atoms with Gasteiger partial charge in [-0.05, 0) is 37.6 Å². The molecule has 2 rings (SSSR count). The molecule has 1 aromatic carbocycles. The Kier molecular flexibility index (Phi) is 4.52. The number of aromatic nitrogens is 2. The standard InChI is InChI=1S/C14H18N2O3/c1-3-5-12(17)13-15-14(19-16-13)10-6-8-11(9-7-10)18-4-2/h6-9,12,17H,3-5H2,1-2H3. The molecule has 2 aromatic rings. The molecule has 0 spiro atoms. The third-order valence-corrected chi connectivity index (χ3v) is 2.71. The molecule has 0 aliphatic heterocycles. The first-order valence-electron chi connectivity index (χ1n) is 6.49. The second-order valence-electron chi connectivity index (χ2n) is 4.22. The van der Waals surface area contributed by atoms with Gasteiger partial charge in [-0.25, -0.2) is 0 Å². The lowest BCUT2D eigenvalue weighted by Gasteiger charge is -2.02. The Labute approximate surface area is 112 Å². The number of benzene rings is 1. The first kappa shape index (κ1) is 13.5. The molecular formula is C14H18N2O3. The number of aliphatic hydroxyl groups excluding tert-OH is 1. The number of hydrogen-bond acceptors (Lipinski definition) is 5. The molecule has 1 N–H and O–H groups in total. The van der Waals surface area contributed by atoms with E-state index in [1.165, 1.54) is 0 Å². The summed E-state index contributed by atoms with van der Waals surface area (Å²) in [5.41, 5.74) is 0.811. The van der Waals surface area contributed by atoms with Gasteiger partial charge < -0.3 is 14.4 Å². The minimum atomic E-state index is -0.662. The maximum Gasteiger partial charge on any atom is 0.258 e. The molecule has 0 aliphatic carbocycles. The van der Waals surface area contributed by atoms with Crippen LogP contribution in [-0.4, -0.2) is 21.9 Å². The lowest BCUT2D eigenvalue weighted by molar-refractivity contribution is 0.153. The highest BCUT2D eigenvalue weighted by molar-refractivity contribution is 5.54. The van der Waals surface area contributed by atoms with Gasteiger partial charge in [0.2, 0.25) is 5.82 Å². The van der Waals surface area contributed by atoms with Crippen molar-refractivity contribution in [2.45, 2.75) is 32.8 Å². The molecule has 0 radical (unpaired) electrons. The van der Waals surface area contributed by atoms with Crippen LogP contribution in [0.25, 0.3) is 11.5 Å². The lowest BCUT2D eigenvalue weighted by atomic mass is 10.2. The normalized spacial score (nSPS) is 12.4. The minimum absolute atomic E-state index is 0.339. The minimum Gasteiger partial charge on any atom is -0.494 e. The summed E-state index contributed by atoms with van der Waals surface area (Å²) in [6.45, 7) is 4.57. The molecule has 0 fully saturated rings. The third-order valence-electron chi connectivity index (χ3n) is 2.71. The van der Waals surface area contributed by atoms with E-state index in [0.29, 0.717) is 24.7 Å². The number of rotatable bonds is 6. The highest BCUT2D eigenvalue weighted by Gasteiger charge is 2.15. The number of nitrogens with zero attached hydrogens (tertiary/aromatic N) is 2. The first-order valence-corrected chi connectivity index (χ1v) is 6.49. The Morgan fingerprint density at radius 1 is 1.26 bits per heavy atom. The summed E-state index contributed by atoms with van der Waals surface area (Å²) in [7, 11) is 0. The van der Waals surface area contributed by atoms with E-state index in [9.17, 15) is 5.11 Å². The molecule has 1 heterocycles. The maximum atomic E-state index is 9.79. The zero-order valence-electron chi connectivity index (χ0n) is 11.2. The van der Waals surface area contributed by atoms with Gasteiger partial charge in [-0.1, -0.05) is 18.5 Å². The van der Waals surface area contributed by atoms with Gasteiger partial charge in [-0.3, -0.25) is 0 Å². The highest BCUT2D eigenvalue weighted by Crippen LogP contribution is 2.23. The van der Waals surface area contributed by atoms with Crippen molar-refractivity contribution in [3.63, 3.8) is 0 Å². The summed E-state index contributed by atoms with van der Waals surface area (Å²) in [6.07, 6.45) is 0.835. The predicted octanol–water partition coefficient (Wildman–Crippen LogP) is 2.97. The van der Waals surface area contributed by atoms with Gasteiger partial charge in [0.25, 0.3) is 5.89 Å². The molecule has 1 atom stereocenters. The molecular weight excluding hydrogens is 244 g/mol. The largest absolute Gasteiger partial charge is 0.494 e. The Balaban J connectivity index is 2.13. The Morgan fingerprint density at radius 2 is 2.00 bits per heavy atom. The van der Waals surface area contributed by atoms with Gasteiger partial charge in [0.1, 0.15) is 11.9 Å². The summed E-state index contributed by atoms with van der Waals surface area (Å²) in [4.78, 5) is 4.21. The van der Waals surface area contributed by atoms with E-state index in [-0.39, 0.29) is 0 Å². The topological polar surface area (TPSA) is 68.4 Å². The lowest BCUT2D eigenvalue weighted by Crippen LogP contribution is -1.98. The predicted molar refractivity (Wildman–Crippen MR) is 70.8 cm³/mol. The molecule has 102 valence electrons. The molecule has 0 amide bonds. The average Bonchev–Trinajstić information content (AvgIpc) is 2.90. The molecule has 5 nitrogen and oxygen atoms in total. The molecule has 5 heteroatoms. The van der Waals surface area contributed by atoms with Gasteiger partial charge in [0, 0.05) is 5.56 Å². The molecule has 0 bridgehead atoms. The van der Waals surface area contributed by atoms with E-state index in [1.54, 1.807) is 0 Å². The number of aliphatic hydroxyl groups is 1. The fraction of sp³-hybridized carbons (Fsp3) is 0.429. The van der Waals surface area contributed by atoms with Crippen molar-refractivity contribution in [3.05, 3.63) is 30.1 Å². The molecule has 1 aromatic heterocycles. The van der Waals surface area contributed by atoms with Gasteiger partial charge in [-0.2, -0.15) is 4.98 Å². The van der Waals surface area contributed by atoms with Crippen molar-refractivity contribution in [2.24, 2.45) is 0 Å².